The number of nitrogens with zero attached hydrogens (tertiary/aromatic N) is 1. The third-order valence-corrected chi connectivity index (χ3v) is 3.57. The lowest BCUT2D eigenvalue weighted by atomic mass is 10.1. The number of hydrogen-bond acceptors (Lipinski definition) is 3. The summed E-state index contributed by atoms with van der Waals surface area (Å²) in [4.78, 5) is 36.8. The number of amides is 2. The summed E-state index contributed by atoms with van der Waals surface area (Å²) in [7, 11) is 0. The molecule has 1 fully saturated rings. The van der Waals surface area contributed by atoms with Gasteiger partial charge in [0.1, 0.15) is 0 Å². The lowest BCUT2D eigenvalue weighted by molar-refractivity contribution is -0.143. The number of halogens is 1. The average Bonchev–Trinajstić information content (AvgIpc) is 2.54. The zero-order valence-electron chi connectivity index (χ0n) is 10.4. The summed E-state index contributed by atoms with van der Waals surface area (Å²) >= 11 is 3.29. The van der Waals surface area contributed by atoms with Crippen LogP contribution in [0, 0.1) is 0 Å². The van der Waals surface area contributed by atoms with Crippen molar-refractivity contribution in [1.82, 2.24) is 4.90 Å². The predicted molar refractivity (Wildman–Crippen MR) is 73.7 cm³/mol. The molecule has 0 aromatic heterocycles. The second-order valence-corrected chi connectivity index (χ2v) is 5.43. The van der Waals surface area contributed by atoms with E-state index < -0.39 is 0 Å². The fourth-order valence-electron chi connectivity index (χ4n) is 2.03. The average molecular weight is 324 g/mol. The Balaban J connectivity index is 2.12. The van der Waals surface area contributed by atoms with Gasteiger partial charge in [-0.15, -0.1) is 0 Å². The van der Waals surface area contributed by atoms with E-state index >= 15 is 0 Å². The van der Waals surface area contributed by atoms with Gasteiger partial charge in [-0.2, -0.15) is 0 Å². The van der Waals surface area contributed by atoms with Crippen molar-refractivity contribution in [3.63, 3.8) is 0 Å². The number of hydrogen-bond donors (Lipinski definition) is 0. The van der Waals surface area contributed by atoms with Crippen LogP contribution < -0.4 is 0 Å². The van der Waals surface area contributed by atoms with E-state index in [1.165, 1.54) is 0 Å². The number of imide groups is 1. The van der Waals surface area contributed by atoms with Gasteiger partial charge in [-0.1, -0.05) is 28.1 Å². The van der Waals surface area contributed by atoms with Crippen LogP contribution in [0.15, 0.2) is 28.7 Å². The molecule has 0 aliphatic carbocycles. The zero-order valence-corrected chi connectivity index (χ0v) is 12.0. The quantitative estimate of drug-likeness (QED) is 0.634. The number of carbonyl (C=O) groups is 3. The van der Waals surface area contributed by atoms with Crippen molar-refractivity contribution in [3.05, 3.63) is 34.3 Å². The molecule has 0 saturated carbocycles. The van der Waals surface area contributed by atoms with Crippen molar-refractivity contribution >= 4 is 33.5 Å². The Hall–Kier alpha value is -1.49. The van der Waals surface area contributed by atoms with Crippen LogP contribution in [0.3, 0.4) is 0 Å². The third-order valence-electron chi connectivity index (χ3n) is 3.08. The van der Waals surface area contributed by atoms with E-state index in [-0.39, 0.29) is 24.1 Å². The molecule has 19 heavy (non-hydrogen) atoms. The van der Waals surface area contributed by atoms with Crippen LogP contribution in [0.5, 0.6) is 0 Å². The van der Waals surface area contributed by atoms with Crippen LogP contribution in [0.1, 0.15) is 36.0 Å². The smallest absolute Gasteiger partial charge is 0.229 e. The highest BCUT2D eigenvalue weighted by molar-refractivity contribution is 9.10. The van der Waals surface area contributed by atoms with Gasteiger partial charge in [-0.25, -0.2) is 0 Å². The standard InChI is InChI=1S/C14H14BrNO3/c15-11-5-3-4-10(8-11)12(17)9-16-13(18)6-1-2-7-14(16)19/h3-5,8H,1-2,6-7,9H2. The van der Waals surface area contributed by atoms with Crippen molar-refractivity contribution in [3.8, 4) is 0 Å². The van der Waals surface area contributed by atoms with Crippen LogP contribution in [-0.2, 0) is 9.59 Å². The maximum absolute atomic E-state index is 12.1. The van der Waals surface area contributed by atoms with Crippen molar-refractivity contribution < 1.29 is 14.4 Å². The molecule has 0 spiro atoms. The minimum absolute atomic E-state index is 0.159. The number of ketones is 1. The van der Waals surface area contributed by atoms with E-state index in [1.807, 2.05) is 6.07 Å². The summed E-state index contributed by atoms with van der Waals surface area (Å²) in [6.45, 7) is -0.159. The summed E-state index contributed by atoms with van der Waals surface area (Å²) in [5.74, 6) is -0.707. The van der Waals surface area contributed by atoms with Gasteiger partial charge in [0, 0.05) is 22.9 Å². The van der Waals surface area contributed by atoms with Crippen LogP contribution in [0.25, 0.3) is 0 Å². The van der Waals surface area contributed by atoms with Crippen molar-refractivity contribution in [1.29, 1.82) is 0 Å². The van der Waals surface area contributed by atoms with E-state index in [4.69, 9.17) is 0 Å². The van der Waals surface area contributed by atoms with Gasteiger partial charge in [0.15, 0.2) is 5.78 Å². The molecule has 1 aromatic carbocycles. The maximum Gasteiger partial charge on any atom is 0.229 e. The number of Topliss-reactive ketones (excluding diaryl/α,β-unsaturated/α-hetero) is 1. The Morgan fingerprint density at radius 2 is 1.79 bits per heavy atom. The van der Waals surface area contributed by atoms with Crippen molar-refractivity contribution in [2.75, 3.05) is 6.54 Å². The molecule has 1 aliphatic heterocycles. The van der Waals surface area contributed by atoms with Crippen molar-refractivity contribution in [2.45, 2.75) is 25.7 Å². The topological polar surface area (TPSA) is 54.5 Å². The first kappa shape index (κ1) is 13.9. The second kappa shape index (κ2) is 6.10. The van der Waals surface area contributed by atoms with Gasteiger partial charge in [0.2, 0.25) is 11.8 Å². The van der Waals surface area contributed by atoms with Crippen LogP contribution in [0.4, 0.5) is 0 Å². The maximum atomic E-state index is 12.1. The fraction of sp³-hybridized carbons (Fsp3) is 0.357. The number of carbonyl (C=O) groups excluding carboxylic acids is 3. The summed E-state index contributed by atoms with van der Waals surface area (Å²) in [6.07, 6.45) is 2.12. The Kier molecular flexibility index (Phi) is 4.47. The minimum Gasteiger partial charge on any atom is -0.292 e. The van der Waals surface area contributed by atoms with Gasteiger partial charge in [-0.05, 0) is 25.0 Å². The first-order valence-electron chi connectivity index (χ1n) is 6.20. The Morgan fingerprint density at radius 1 is 1.16 bits per heavy atom. The van der Waals surface area contributed by atoms with E-state index in [0.29, 0.717) is 31.2 Å². The molecule has 0 radical (unpaired) electrons. The molecule has 1 saturated heterocycles. The molecule has 4 nitrogen and oxygen atoms in total. The van der Waals surface area contributed by atoms with E-state index in [2.05, 4.69) is 15.9 Å². The molecular weight excluding hydrogens is 310 g/mol. The molecular formula is C14H14BrNO3. The SMILES string of the molecule is O=C(CN1C(=O)CCCCC1=O)c1cccc(Br)c1. The van der Waals surface area contributed by atoms with Crippen molar-refractivity contribution in [2.24, 2.45) is 0 Å². The lowest BCUT2D eigenvalue weighted by Crippen LogP contribution is -2.39. The van der Waals surface area contributed by atoms with Crippen LogP contribution in [-0.4, -0.2) is 29.0 Å². The summed E-state index contributed by atoms with van der Waals surface area (Å²) in [5, 5.41) is 0. The first-order chi connectivity index (χ1) is 9.08. The number of likely N-dealkylation sites (tertiary alicyclic amines) is 1. The fourth-order valence-corrected chi connectivity index (χ4v) is 2.43. The molecule has 1 aromatic rings. The van der Waals surface area contributed by atoms with Gasteiger partial charge in [-0.3, -0.25) is 19.3 Å². The summed E-state index contributed by atoms with van der Waals surface area (Å²) in [6, 6.07) is 6.94. The first-order valence-corrected chi connectivity index (χ1v) is 6.99. The molecule has 5 heteroatoms. The highest BCUT2D eigenvalue weighted by atomic mass is 79.9. The molecule has 0 atom stereocenters. The predicted octanol–water partition coefficient (Wildman–Crippen LogP) is 2.56. The van der Waals surface area contributed by atoms with Crippen LogP contribution in [0.2, 0.25) is 0 Å². The molecule has 0 N–H and O–H groups in total. The highest BCUT2D eigenvalue weighted by Crippen LogP contribution is 2.15. The normalized spacial score (nSPS) is 16.4. The van der Waals surface area contributed by atoms with E-state index in [9.17, 15) is 14.4 Å². The Labute approximate surface area is 119 Å². The van der Waals surface area contributed by atoms with Gasteiger partial charge < -0.3 is 0 Å². The number of rotatable bonds is 3. The van der Waals surface area contributed by atoms with E-state index in [1.54, 1.807) is 18.2 Å². The minimum atomic E-state index is -0.245. The molecule has 0 unspecified atom stereocenters. The van der Waals surface area contributed by atoms with Gasteiger partial charge in [0.25, 0.3) is 0 Å². The largest absolute Gasteiger partial charge is 0.292 e. The zero-order chi connectivity index (χ0) is 13.8. The monoisotopic (exact) mass is 323 g/mol. The third kappa shape index (κ3) is 3.50. The van der Waals surface area contributed by atoms with E-state index in [0.717, 1.165) is 9.37 Å². The summed E-state index contributed by atoms with van der Waals surface area (Å²) in [5.41, 5.74) is 0.499. The molecule has 1 heterocycles. The molecule has 2 rings (SSSR count). The Morgan fingerprint density at radius 3 is 2.37 bits per heavy atom. The molecule has 2 amide bonds. The Bertz CT molecular complexity index is 509. The second-order valence-electron chi connectivity index (χ2n) is 4.51. The molecule has 0 bridgehead atoms. The van der Waals surface area contributed by atoms with Gasteiger partial charge >= 0.3 is 0 Å². The number of benzene rings is 1. The van der Waals surface area contributed by atoms with Gasteiger partial charge in [0.05, 0.1) is 6.54 Å². The van der Waals surface area contributed by atoms with Crippen LogP contribution >= 0.6 is 15.9 Å². The summed E-state index contributed by atoms with van der Waals surface area (Å²) < 4.78 is 0.798. The molecule has 1 aliphatic rings. The lowest BCUT2D eigenvalue weighted by Gasteiger charge is -2.17. The highest BCUT2D eigenvalue weighted by Gasteiger charge is 2.26. The molecule has 100 valence electrons.